The third-order valence-electron chi connectivity index (χ3n) is 2.64. The van der Waals surface area contributed by atoms with E-state index in [0.29, 0.717) is 0 Å². The molecule has 0 heterocycles. The molecule has 2 amide bonds. The van der Waals surface area contributed by atoms with Gasteiger partial charge in [-0.3, -0.25) is 9.59 Å². The van der Waals surface area contributed by atoms with Crippen LogP contribution in [0, 0.1) is 11.8 Å². The molecule has 0 aromatic carbocycles. The molecule has 0 spiro atoms. The van der Waals surface area contributed by atoms with Crippen molar-refractivity contribution < 1.29 is 14.7 Å². The molecule has 2 unspecified atom stereocenters. The minimum Gasteiger partial charge on any atom is -0.394 e. The molecule has 0 bridgehead atoms. The summed E-state index contributed by atoms with van der Waals surface area (Å²) in [5, 5.41) is 14.5. The second-order valence-corrected chi connectivity index (χ2v) is 4.96. The smallest absolute Gasteiger partial charge is 0.243 e. The minimum absolute atomic E-state index is 0.00500. The average molecular weight is 244 g/mol. The van der Waals surface area contributed by atoms with Crippen molar-refractivity contribution in [1.29, 1.82) is 0 Å². The summed E-state index contributed by atoms with van der Waals surface area (Å²) >= 11 is 0. The zero-order valence-electron chi connectivity index (χ0n) is 11.3. The number of aliphatic hydroxyl groups excluding tert-OH is 1. The number of carbonyl (C=O) groups excluding carboxylic acids is 2. The highest BCUT2D eigenvalue weighted by atomic mass is 16.3. The van der Waals surface area contributed by atoms with Crippen LogP contribution in [0.1, 0.15) is 34.6 Å². The molecule has 0 saturated heterocycles. The van der Waals surface area contributed by atoms with E-state index in [2.05, 4.69) is 10.6 Å². The summed E-state index contributed by atoms with van der Waals surface area (Å²) < 4.78 is 0. The lowest BCUT2D eigenvalue weighted by Crippen LogP contribution is -2.53. The van der Waals surface area contributed by atoms with Gasteiger partial charge in [0.15, 0.2) is 0 Å². The predicted octanol–water partition coefficient (Wildman–Crippen LogP) is 0.280. The Morgan fingerprint density at radius 3 is 1.88 bits per heavy atom. The van der Waals surface area contributed by atoms with Crippen LogP contribution in [0.2, 0.25) is 0 Å². The van der Waals surface area contributed by atoms with Gasteiger partial charge in [0.25, 0.3) is 0 Å². The standard InChI is InChI=1S/C12H24N2O3/c1-7(2)10(6-15)14-12(17)11(8(3)4)13-9(5)16/h7-8,10-11,15H,6H2,1-5H3,(H,13,16)(H,14,17). The van der Waals surface area contributed by atoms with Crippen LogP contribution in [0.5, 0.6) is 0 Å². The Hall–Kier alpha value is -1.10. The van der Waals surface area contributed by atoms with Gasteiger partial charge in [-0.1, -0.05) is 27.7 Å². The van der Waals surface area contributed by atoms with Crippen LogP contribution in [-0.2, 0) is 9.59 Å². The molecule has 0 aromatic heterocycles. The van der Waals surface area contributed by atoms with Gasteiger partial charge in [0.05, 0.1) is 12.6 Å². The van der Waals surface area contributed by atoms with Crippen LogP contribution in [-0.4, -0.2) is 35.6 Å². The van der Waals surface area contributed by atoms with Gasteiger partial charge >= 0.3 is 0 Å². The van der Waals surface area contributed by atoms with Gasteiger partial charge in [-0.05, 0) is 11.8 Å². The number of amides is 2. The van der Waals surface area contributed by atoms with Crippen LogP contribution >= 0.6 is 0 Å². The van der Waals surface area contributed by atoms with Crippen LogP contribution in [0.4, 0.5) is 0 Å². The molecule has 5 heteroatoms. The number of hydrogen-bond donors (Lipinski definition) is 3. The van der Waals surface area contributed by atoms with E-state index in [4.69, 9.17) is 5.11 Å². The summed E-state index contributed by atoms with van der Waals surface area (Å²) in [6, 6.07) is -0.835. The van der Waals surface area contributed by atoms with E-state index >= 15 is 0 Å². The van der Waals surface area contributed by atoms with E-state index in [1.54, 1.807) is 0 Å². The van der Waals surface area contributed by atoms with Crippen molar-refractivity contribution in [2.45, 2.75) is 46.7 Å². The second kappa shape index (κ2) is 7.27. The lowest BCUT2D eigenvalue weighted by atomic mass is 10.0. The summed E-state index contributed by atoms with van der Waals surface area (Å²) in [6.07, 6.45) is 0. The van der Waals surface area contributed by atoms with Crippen LogP contribution in [0.3, 0.4) is 0 Å². The zero-order chi connectivity index (χ0) is 13.6. The number of aliphatic hydroxyl groups is 1. The lowest BCUT2D eigenvalue weighted by Gasteiger charge is -2.26. The maximum absolute atomic E-state index is 12.0. The molecular weight excluding hydrogens is 220 g/mol. The Kier molecular flexibility index (Phi) is 6.80. The Labute approximate surface area is 103 Å². The number of hydrogen-bond acceptors (Lipinski definition) is 3. The first-order valence-electron chi connectivity index (χ1n) is 5.97. The Morgan fingerprint density at radius 1 is 1.06 bits per heavy atom. The summed E-state index contributed by atoms with van der Waals surface area (Å²) in [5.74, 6) is -0.327. The molecule has 2 atom stereocenters. The van der Waals surface area contributed by atoms with Crippen molar-refractivity contribution >= 4 is 11.8 Å². The molecule has 17 heavy (non-hydrogen) atoms. The van der Waals surface area contributed by atoms with Gasteiger partial charge in [-0.15, -0.1) is 0 Å². The van der Waals surface area contributed by atoms with E-state index in [1.807, 2.05) is 27.7 Å². The highest BCUT2D eigenvalue weighted by Gasteiger charge is 2.25. The number of rotatable bonds is 6. The Bertz CT molecular complexity index is 264. The van der Waals surface area contributed by atoms with E-state index in [-0.39, 0.29) is 36.3 Å². The average Bonchev–Trinajstić information content (AvgIpc) is 2.20. The number of nitrogens with one attached hydrogen (secondary N) is 2. The maximum Gasteiger partial charge on any atom is 0.243 e. The highest BCUT2D eigenvalue weighted by molar-refractivity contribution is 5.87. The molecule has 0 fully saturated rings. The van der Waals surface area contributed by atoms with Crippen molar-refractivity contribution in [2.24, 2.45) is 11.8 Å². The highest BCUT2D eigenvalue weighted by Crippen LogP contribution is 2.05. The van der Waals surface area contributed by atoms with E-state index in [9.17, 15) is 9.59 Å². The van der Waals surface area contributed by atoms with Crippen molar-refractivity contribution in [2.75, 3.05) is 6.61 Å². The molecule has 100 valence electrons. The Morgan fingerprint density at radius 2 is 1.59 bits per heavy atom. The van der Waals surface area contributed by atoms with Crippen LogP contribution in [0.25, 0.3) is 0 Å². The normalized spacial score (nSPS) is 14.6. The largest absolute Gasteiger partial charge is 0.394 e. The Balaban J connectivity index is 4.56. The first-order chi connectivity index (χ1) is 7.79. The third-order valence-corrected chi connectivity index (χ3v) is 2.64. The third kappa shape index (κ3) is 5.68. The van der Waals surface area contributed by atoms with Gasteiger partial charge in [0.1, 0.15) is 6.04 Å². The molecule has 0 radical (unpaired) electrons. The van der Waals surface area contributed by atoms with Crippen molar-refractivity contribution in [3.63, 3.8) is 0 Å². The van der Waals surface area contributed by atoms with Gasteiger partial charge in [-0.2, -0.15) is 0 Å². The maximum atomic E-state index is 12.0. The zero-order valence-corrected chi connectivity index (χ0v) is 11.3. The van der Waals surface area contributed by atoms with Gasteiger partial charge in [-0.25, -0.2) is 0 Å². The van der Waals surface area contributed by atoms with Crippen molar-refractivity contribution in [3.05, 3.63) is 0 Å². The minimum atomic E-state index is -0.555. The quantitative estimate of drug-likeness (QED) is 0.628. The van der Waals surface area contributed by atoms with Crippen molar-refractivity contribution in [1.82, 2.24) is 10.6 Å². The van der Waals surface area contributed by atoms with Crippen LogP contribution in [0.15, 0.2) is 0 Å². The fourth-order valence-electron chi connectivity index (χ4n) is 1.45. The van der Waals surface area contributed by atoms with E-state index in [0.717, 1.165) is 0 Å². The fraction of sp³-hybridized carbons (Fsp3) is 0.833. The summed E-state index contributed by atoms with van der Waals surface area (Å²) in [4.78, 5) is 23.0. The predicted molar refractivity (Wildman–Crippen MR) is 66.3 cm³/mol. The molecule has 0 rings (SSSR count). The molecule has 0 aliphatic carbocycles. The first kappa shape index (κ1) is 15.9. The molecule has 3 N–H and O–H groups in total. The monoisotopic (exact) mass is 244 g/mol. The van der Waals surface area contributed by atoms with E-state index < -0.39 is 6.04 Å². The van der Waals surface area contributed by atoms with Gasteiger partial charge < -0.3 is 15.7 Å². The fourth-order valence-corrected chi connectivity index (χ4v) is 1.45. The SMILES string of the molecule is CC(=O)NC(C(=O)NC(CO)C(C)C)C(C)C. The van der Waals surface area contributed by atoms with Gasteiger partial charge in [0.2, 0.25) is 11.8 Å². The molecule has 0 saturated carbocycles. The van der Waals surface area contributed by atoms with E-state index in [1.165, 1.54) is 6.92 Å². The van der Waals surface area contributed by atoms with Crippen LogP contribution < -0.4 is 10.6 Å². The number of carbonyl (C=O) groups is 2. The topological polar surface area (TPSA) is 78.4 Å². The second-order valence-electron chi connectivity index (χ2n) is 4.96. The first-order valence-corrected chi connectivity index (χ1v) is 5.97. The van der Waals surface area contributed by atoms with Crippen molar-refractivity contribution in [3.8, 4) is 0 Å². The molecular formula is C12H24N2O3. The molecule has 5 nitrogen and oxygen atoms in total. The molecule has 0 aliphatic rings. The molecule has 0 aromatic rings. The summed E-state index contributed by atoms with van der Waals surface area (Å²) in [5.41, 5.74) is 0. The van der Waals surface area contributed by atoms with Gasteiger partial charge in [0, 0.05) is 6.92 Å². The molecule has 0 aliphatic heterocycles. The summed E-state index contributed by atoms with van der Waals surface area (Å²) in [7, 11) is 0. The lowest BCUT2D eigenvalue weighted by molar-refractivity contribution is -0.130. The summed E-state index contributed by atoms with van der Waals surface area (Å²) in [6.45, 7) is 8.85.